The van der Waals surface area contributed by atoms with E-state index in [0.717, 1.165) is 22.7 Å². The normalized spacial score (nSPS) is 10.7. The van der Waals surface area contributed by atoms with E-state index in [2.05, 4.69) is 17.2 Å². The highest BCUT2D eigenvalue weighted by Crippen LogP contribution is 2.29. The summed E-state index contributed by atoms with van der Waals surface area (Å²) < 4.78 is 37.5. The number of hydrogen-bond donors (Lipinski definition) is 2. The molecule has 0 aromatic heterocycles. The molecule has 0 radical (unpaired) electrons. The monoisotopic (exact) mass is 364 g/mol. The van der Waals surface area contributed by atoms with E-state index in [4.69, 9.17) is 5.73 Å². The molecule has 0 saturated carbocycles. The van der Waals surface area contributed by atoms with Crippen molar-refractivity contribution in [1.29, 1.82) is 0 Å². The molecule has 130 valence electrons. The van der Waals surface area contributed by atoms with Crippen molar-refractivity contribution in [1.82, 2.24) is 0 Å². The average molecular weight is 364 g/mol. The van der Waals surface area contributed by atoms with Crippen molar-refractivity contribution in [2.24, 2.45) is 5.73 Å². The number of anilines is 1. The molecule has 2 aromatic rings. The number of rotatable bonds is 5. The summed E-state index contributed by atoms with van der Waals surface area (Å²) in [4.78, 5) is 11.7. The first kappa shape index (κ1) is 18.7. The molecule has 3 nitrogen and oxygen atoms in total. The summed E-state index contributed by atoms with van der Waals surface area (Å²) in [6.07, 6.45) is -4.35. The second-order valence-corrected chi connectivity index (χ2v) is 6.00. The Morgan fingerprint density at radius 3 is 2.44 bits per heavy atom. The van der Waals surface area contributed by atoms with Gasteiger partial charge in [-0.2, -0.15) is 13.2 Å². The first-order valence-electron chi connectivity index (χ1n) is 7.26. The molecule has 7 heteroatoms. The average Bonchev–Trinajstić information content (AvgIpc) is 2.57. The molecule has 0 aliphatic carbocycles. The molecule has 0 fully saturated rings. The number of hydrogen-bond acceptors (Lipinski definition) is 3. The van der Waals surface area contributed by atoms with Crippen LogP contribution in [0.3, 0.4) is 0 Å². The van der Waals surface area contributed by atoms with Crippen LogP contribution < -0.4 is 11.1 Å². The van der Waals surface area contributed by atoms with Gasteiger partial charge in [-0.1, -0.05) is 24.0 Å². The number of halogens is 3. The lowest BCUT2D eigenvalue weighted by atomic mass is 10.1. The van der Waals surface area contributed by atoms with E-state index >= 15 is 0 Å². The van der Waals surface area contributed by atoms with Crippen LogP contribution in [0.1, 0.15) is 11.1 Å². The van der Waals surface area contributed by atoms with Gasteiger partial charge in [0.2, 0.25) is 5.91 Å². The molecule has 0 unspecified atom stereocenters. The molecule has 1 amide bonds. The van der Waals surface area contributed by atoms with Crippen LogP contribution >= 0.6 is 11.8 Å². The van der Waals surface area contributed by atoms with E-state index in [-0.39, 0.29) is 5.75 Å². The van der Waals surface area contributed by atoms with Gasteiger partial charge >= 0.3 is 6.18 Å². The molecule has 0 bridgehead atoms. The number of alkyl halides is 3. The molecule has 0 atom stereocenters. The van der Waals surface area contributed by atoms with Gasteiger partial charge in [-0.25, -0.2) is 0 Å². The molecule has 0 heterocycles. The Kier molecular flexibility index (Phi) is 6.37. The summed E-state index contributed by atoms with van der Waals surface area (Å²) in [7, 11) is 0. The van der Waals surface area contributed by atoms with Gasteiger partial charge in [0.25, 0.3) is 0 Å². The fourth-order valence-corrected chi connectivity index (χ4v) is 2.68. The first-order valence-corrected chi connectivity index (χ1v) is 8.25. The summed E-state index contributed by atoms with van der Waals surface area (Å²) in [5, 5.41) is 3.12. The van der Waals surface area contributed by atoms with E-state index in [0.29, 0.717) is 12.1 Å². The number of carbonyl (C=O) groups excluding carboxylic acids is 1. The molecule has 3 N–H and O–H groups in total. The SMILES string of the molecule is NC(=O)CSc1ccccc1NCC#Cc1ccc(C(F)(F)F)cc1. The Labute approximate surface area is 147 Å². The van der Waals surface area contributed by atoms with Gasteiger partial charge in [0.05, 0.1) is 17.9 Å². The third kappa shape index (κ3) is 6.08. The van der Waals surface area contributed by atoms with Gasteiger partial charge in [-0.05, 0) is 36.4 Å². The van der Waals surface area contributed by atoms with Gasteiger partial charge in [-0.15, -0.1) is 11.8 Å². The van der Waals surface area contributed by atoms with Crippen molar-refractivity contribution in [3.05, 3.63) is 59.7 Å². The van der Waals surface area contributed by atoms with Gasteiger partial charge in [0, 0.05) is 16.1 Å². The Morgan fingerprint density at radius 2 is 1.80 bits per heavy atom. The van der Waals surface area contributed by atoms with Gasteiger partial charge in [-0.3, -0.25) is 4.79 Å². The highest BCUT2D eigenvalue weighted by atomic mass is 32.2. The highest BCUT2D eigenvalue weighted by molar-refractivity contribution is 8.00. The zero-order valence-electron chi connectivity index (χ0n) is 13.1. The van der Waals surface area contributed by atoms with E-state index in [1.54, 1.807) is 0 Å². The predicted octanol–water partition coefficient (Wildman–Crippen LogP) is 3.75. The van der Waals surface area contributed by atoms with Crippen molar-refractivity contribution in [2.75, 3.05) is 17.6 Å². The smallest absolute Gasteiger partial charge is 0.373 e. The standard InChI is InChI=1S/C18H15F3N2OS/c19-18(20,21)14-9-7-13(8-10-14)4-3-11-23-15-5-1-2-6-16(15)25-12-17(22)24/h1-2,5-10,23H,11-12H2,(H2,22,24). The molecule has 0 spiro atoms. The molecule has 2 aromatic carbocycles. The maximum atomic E-state index is 12.5. The molecule has 2 rings (SSSR count). The van der Waals surface area contributed by atoms with E-state index in [9.17, 15) is 18.0 Å². The van der Waals surface area contributed by atoms with Crippen LogP contribution in [-0.2, 0) is 11.0 Å². The lowest BCUT2D eigenvalue weighted by Gasteiger charge is -2.08. The van der Waals surface area contributed by atoms with Crippen molar-refractivity contribution in [3.63, 3.8) is 0 Å². The van der Waals surface area contributed by atoms with E-state index < -0.39 is 17.6 Å². The number of amides is 1. The fourth-order valence-electron chi connectivity index (χ4n) is 1.92. The number of nitrogens with one attached hydrogen (secondary N) is 1. The molecular formula is C18H15F3N2OS. The lowest BCUT2D eigenvalue weighted by Crippen LogP contribution is -2.13. The van der Waals surface area contributed by atoms with E-state index in [1.165, 1.54) is 23.9 Å². The van der Waals surface area contributed by atoms with Crippen molar-refractivity contribution < 1.29 is 18.0 Å². The summed E-state index contributed by atoms with van der Waals surface area (Å²) in [5.41, 5.74) is 5.76. The minimum absolute atomic E-state index is 0.177. The first-order chi connectivity index (χ1) is 11.9. The number of primary amides is 1. The number of thioether (sulfide) groups is 1. The van der Waals surface area contributed by atoms with Gasteiger partial charge in [0.1, 0.15) is 0 Å². The predicted molar refractivity (Wildman–Crippen MR) is 93.2 cm³/mol. The Balaban J connectivity index is 1.95. The maximum Gasteiger partial charge on any atom is 0.416 e. The number of nitrogens with two attached hydrogens (primary N) is 1. The maximum absolute atomic E-state index is 12.5. The minimum atomic E-state index is -4.35. The third-order valence-electron chi connectivity index (χ3n) is 3.07. The molecule has 0 aliphatic rings. The van der Waals surface area contributed by atoms with Crippen LogP contribution in [0, 0.1) is 11.8 Å². The van der Waals surface area contributed by atoms with Crippen LogP contribution in [0.15, 0.2) is 53.4 Å². The quantitative estimate of drug-likeness (QED) is 0.628. The Morgan fingerprint density at radius 1 is 1.12 bits per heavy atom. The highest BCUT2D eigenvalue weighted by Gasteiger charge is 2.29. The van der Waals surface area contributed by atoms with Crippen LogP contribution in [-0.4, -0.2) is 18.2 Å². The Bertz CT molecular complexity index is 792. The summed E-state index contributed by atoms with van der Waals surface area (Å²) in [5.74, 6) is 5.44. The Hall–Kier alpha value is -2.59. The van der Waals surface area contributed by atoms with Crippen molar-refractivity contribution in [3.8, 4) is 11.8 Å². The van der Waals surface area contributed by atoms with Crippen LogP contribution in [0.5, 0.6) is 0 Å². The number of carbonyl (C=O) groups is 1. The molecular weight excluding hydrogens is 349 g/mol. The summed E-state index contributed by atoms with van der Waals surface area (Å²) in [6.45, 7) is 0.315. The largest absolute Gasteiger partial charge is 0.416 e. The van der Waals surface area contributed by atoms with Crippen LogP contribution in [0.2, 0.25) is 0 Å². The van der Waals surface area contributed by atoms with Crippen molar-refractivity contribution in [2.45, 2.75) is 11.1 Å². The minimum Gasteiger partial charge on any atom is -0.373 e. The van der Waals surface area contributed by atoms with Crippen LogP contribution in [0.4, 0.5) is 18.9 Å². The van der Waals surface area contributed by atoms with Gasteiger partial charge < -0.3 is 11.1 Å². The summed E-state index contributed by atoms with van der Waals surface area (Å²) >= 11 is 1.32. The molecule has 0 aliphatic heterocycles. The van der Waals surface area contributed by atoms with Gasteiger partial charge in [0.15, 0.2) is 0 Å². The lowest BCUT2D eigenvalue weighted by molar-refractivity contribution is -0.137. The zero-order valence-corrected chi connectivity index (χ0v) is 13.9. The van der Waals surface area contributed by atoms with Crippen molar-refractivity contribution >= 4 is 23.4 Å². The second kappa shape index (κ2) is 8.49. The fraction of sp³-hybridized carbons (Fsp3) is 0.167. The third-order valence-corrected chi connectivity index (χ3v) is 4.17. The molecule has 0 saturated heterocycles. The van der Waals surface area contributed by atoms with Crippen LogP contribution in [0.25, 0.3) is 0 Å². The second-order valence-electron chi connectivity index (χ2n) is 4.98. The summed E-state index contributed by atoms with van der Waals surface area (Å²) in [6, 6.07) is 12.1. The van der Waals surface area contributed by atoms with E-state index in [1.807, 2.05) is 24.3 Å². The molecule has 25 heavy (non-hydrogen) atoms. The topological polar surface area (TPSA) is 55.1 Å². The zero-order chi connectivity index (χ0) is 18.3. The number of benzene rings is 2. The number of para-hydroxylation sites is 1.